The summed E-state index contributed by atoms with van der Waals surface area (Å²) in [6.45, 7) is 9.80. The Morgan fingerprint density at radius 1 is 1.11 bits per heavy atom. The van der Waals surface area contributed by atoms with E-state index < -0.39 is 17.0 Å². The van der Waals surface area contributed by atoms with Gasteiger partial charge in [0.2, 0.25) is 5.75 Å². The van der Waals surface area contributed by atoms with Crippen LogP contribution in [0.5, 0.6) is 11.5 Å². The van der Waals surface area contributed by atoms with Crippen molar-refractivity contribution in [2.24, 2.45) is 5.92 Å². The lowest BCUT2D eigenvalue weighted by atomic mass is 9.83. The molecule has 8 nitrogen and oxygen atoms in total. The average Bonchev–Trinajstić information content (AvgIpc) is 3.53. The van der Waals surface area contributed by atoms with Crippen molar-refractivity contribution in [3.63, 3.8) is 0 Å². The monoisotopic (exact) mass is 524 g/mol. The number of hydrogen-bond acceptors (Lipinski definition) is 6. The molecule has 0 radical (unpaired) electrons. The van der Waals surface area contributed by atoms with Crippen LogP contribution < -0.4 is 15.0 Å². The van der Waals surface area contributed by atoms with Crippen molar-refractivity contribution in [3.8, 4) is 11.5 Å². The van der Waals surface area contributed by atoms with E-state index in [0.29, 0.717) is 34.5 Å². The molecule has 4 heterocycles. The summed E-state index contributed by atoms with van der Waals surface area (Å²) in [4.78, 5) is 31.2. The predicted octanol–water partition coefficient (Wildman–Crippen LogP) is 3.80. The third-order valence-electron chi connectivity index (χ3n) is 9.20. The van der Waals surface area contributed by atoms with Gasteiger partial charge in [-0.1, -0.05) is 0 Å². The van der Waals surface area contributed by atoms with Crippen LogP contribution in [0.2, 0.25) is 0 Å². The lowest BCUT2D eigenvalue weighted by Crippen LogP contribution is -2.51. The number of benzene rings is 1. The second-order valence-corrected chi connectivity index (χ2v) is 12.0. The number of hydrazine groups is 1. The number of piperidine rings is 1. The molecule has 0 unspecified atom stereocenters. The van der Waals surface area contributed by atoms with Crippen molar-refractivity contribution in [1.82, 2.24) is 19.9 Å². The number of halogens is 1. The Morgan fingerprint density at radius 2 is 1.76 bits per heavy atom. The van der Waals surface area contributed by atoms with Gasteiger partial charge in [0.1, 0.15) is 0 Å². The van der Waals surface area contributed by atoms with Gasteiger partial charge in [-0.25, -0.2) is 14.4 Å². The number of fused-ring (bicyclic) bond motifs is 3. The SMILES string of the molecule is Cc1cc(C)c(CN2CC3(CC3)c3c(F)c4c(c(C)c3C2=O)O[C@](C)(C2CCN(N(C)C)CC2)O4)c(=O)[nH]1. The smallest absolute Gasteiger partial charge is 0.255 e. The highest BCUT2D eigenvalue weighted by Gasteiger charge is 2.57. The fourth-order valence-corrected chi connectivity index (χ4v) is 6.79. The lowest BCUT2D eigenvalue weighted by molar-refractivity contribution is -0.138. The number of ether oxygens (including phenoxy) is 2. The van der Waals surface area contributed by atoms with E-state index in [-0.39, 0.29) is 29.7 Å². The maximum atomic E-state index is 16.3. The van der Waals surface area contributed by atoms with Crippen molar-refractivity contribution >= 4 is 5.91 Å². The standard InChI is InChI=1S/C29H37FN4O4/c1-16-13-17(2)31-26(35)20(16)14-33-15-29(9-10-29)22-21(27(33)36)18(3)24-25(23(22)30)38-28(4,37-24)19-7-11-34(12-8-19)32(5)6/h13,19H,7-12,14-15H2,1-6H3,(H,31,35)/t28-/m0/s1. The summed E-state index contributed by atoms with van der Waals surface area (Å²) in [6, 6.07) is 1.92. The number of carbonyl (C=O) groups is 1. The number of aryl methyl sites for hydroxylation is 2. The van der Waals surface area contributed by atoms with Gasteiger partial charge in [-0.05, 0) is 58.1 Å². The molecule has 1 saturated heterocycles. The Balaban J connectivity index is 1.35. The second-order valence-electron chi connectivity index (χ2n) is 12.0. The minimum absolute atomic E-state index is 0.0975. The first-order valence-electron chi connectivity index (χ1n) is 13.6. The van der Waals surface area contributed by atoms with E-state index in [1.54, 1.807) is 4.90 Å². The summed E-state index contributed by atoms with van der Waals surface area (Å²) < 4.78 is 29.1. The molecule has 1 aromatic heterocycles. The van der Waals surface area contributed by atoms with Crippen LogP contribution in [0.15, 0.2) is 10.9 Å². The zero-order valence-corrected chi connectivity index (χ0v) is 23.2. The van der Waals surface area contributed by atoms with Crippen molar-refractivity contribution < 1.29 is 18.7 Å². The van der Waals surface area contributed by atoms with Crippen molar-refractivity contribution in [1.29, 1.82) is 0 Å². The number of carbonyl (C=O) groups excluding carboxylic acids is 1. The first-order chi connectivity index (χ1) is 17.9. The van der Waals surface area contributed by atoms with E-state index >= 15 is 4.39 Å². The summed E-state index contributed by atoms with van der Waals surface area (Å²) >= 11 is 0. The number of aromatic nitrogens is 1. The number of nitrogens with zero attached hydrogens (tertiary/aromatic N) is 3. The van der Waals surface area contributed by atoms with Crippen molar-refractivity contribution in [3.05, 3.63) is 55.7 Å². The van der Waals surface area contributed by atoms with E-state index in [1.807, 2.05) is 47.9 Å². The van der Waals surface area contributed by atoms with Crippen LogP contribution in [0.1, 0.15) is 70.9 Å². The molecule has 2 aromatic rings. The van der Waals surface area contributed by atoms with E-state index in [1.165, 1.54) is 0 Å². The fourth-order valence-electron chi connectivity index (χ4n) is 6.79. The summed E-state index contributed by atoms with van der Waals surface area (Å²) in [5.41, 5.74) is 3.04. The average molecular weight is 525 g/mol. The van der Waals surface area contributed by atoms with Gasteiger partial charge in [-0.15, -0.1) is 0 Å². The van der Waals surface area contributed by atoms with Crippen LogP contribution in [-0.4, -0.2) is 65.3 Å². The number of nitrogens with one attached hydrogen (secondary N) is 1. The summed E-state index contributed by atoms with van der Waals surface area (Å²) in [5, 5.41) is 4.37. The highest BCUT2D eigenvalue weighted by Crippen LogP contribution is 2.59. The van der Waals surface area contributed by atoms with Gasteiger partial charge in [0.15, 0.2) is 11.6 Å². The highest BCUT2D eigenvalue weighted by molar-refractivity contribution is 6.00. The Labute approximate surface area is 222 Å². The molecule has 3 aliphatic heterocycles. The third kappa shape index (κ3) is 3.77. The molecule has 4 aliphatic rings. The number of hydrogen-bond donors (Lipinski definition) is 1. The maximum Gasteiger partial charge on any atom is 0.255 e. The molecule has 2 fully saturated rings. The number of amides is 1. The minimum atomic E-state index is -0.984. The molecule has 1 saturated carbocycles. The first kappa shape index (κ1) is 25.4. The maximum absolute atomic E-state index is 16.3. The van der Waals surface area contributed by atoms with Gasteiger partial charge in [-0.3, -0.25) is 9.59 Å². The van der Waals surface area contributed by atoms with Crippen LogP contribution in [0.3, 0.4) is 0 Å². The molecule has 1 aliphatic carbocycles. The van der Waals surface area contributed by atoms with Crippen LogP contribution >= 0.6 is 0 Å². The number of H-pyrrole nitrogens is 1. The molecule has 1 spiro atoms. The normalized spacial score (nSPS) is 24.4. The van der Waals surface area contributed by atoms with Crippen LogP contribution in [-0.2, 0) is 12.0 Å². The molecule has 1 atom stereocenters. The number of rotatable bonds is 4. The summed E-state index contributed by atoms with van der Waals surface area (Å²) in [6.07, 6.45) is 3.32. The molecular weight excluding hydrogens is 487 g/mol. The molecule has 1 N–H and O–H groups in total. The Bertz CT molecular complexity index is 1390. The summed E-state index contributed by atoms with van der Waals surface area (Å²) in [7, 11) is 4.07. The Hall–Kier alpha value is -2.91. The first-order valence-corrected chi connectivity index (χ1v) is 13.6. The molecule has 38 heavy (non-hydrogen) atoms. The van der Waals surface area contributed by atoms with Gasteiger partial charge >= 0.3 is 0 Å². The van der Waals surface area contributed by atoms with E-state index in [4.69, 9.17) is 9.47 Å². The highest BCUT2D eigenvalue weighted by atomic mass is 19.1. The van der Waals surface area contributed by atoms with Crippen molar-refractivity contribution in [2.45, 2.75) is 71.1 Å². The second kappa shape index (κ2) is 8.55. The van der Waals surface area contributed by atoms with Crippen LogP contribution in [0.25, 0.3) is 0 Å². The quantitative estimate of drug-likeness (QED) is 0.656. The van der Waals surface area contributed by atoms with Gasteiger partial charge < -0.3 is 19.4 Å². The Kier molecular flexibility index (Phi) is 5.71. The third-order valence-corrected chi connectivity index (χ3v) is 9.20. The van der Waals surface area contributed by atoms with E-state index in [0.717, 1.165) is 50.0 Å². The molecule has 1 amide bonds. The van der Waals surface area contributed by atoms with Gasteiger partial charge in [0.05, 0.1) is 12.1 Å². The number of aromatic amines is 1. The van der Waals surface area contributed by atoms with Crippen LogP contribution in [0, 0.1) is 32.5 Å². The number of pyridine rings is 1. The fraction of sp³-hybridized carbons (Fsp3) is 0.586. The molecule has 9 heteroatoms. The topological polar surface area (TPSA) is 78.1 Å². The molecule has 1 aromatic carbocycles. The van der Waals surface area contributed by atoms with Gasteiger partial charge in [0, 0.05) is 74.4 Å². The Morgan fingerprint density at radius 3 is 2.37 bits per heavy atom. The van der Waals surface area contributed by atoms with E-state index in [2.05, 4.69) is 15.0 Å². The molecule has 0 bridgehead atoms. The zero-order valence-electron chi connectivity index (χ0n) is 23.2. The van der Waals surface area contributed by atoms with E-state index in [9.17, 15) is 9.59 Å². The van der Waals surface area contributed by atoms with Crippen molar-refractivity contribution in [2.75, 3.05) is 33.7 Å². The minimum Gasteiger partial charge on any atom is -0.448 e. The zero-order chi connectivity index (χ0) is 27.1. The predicted molar refractivity (Wildman–Crippen MR) is 141 cm³/mol. The largest absolute Gasteiger partial charge is 0.448 e. The lowest BCUT2D eigenvalue weighted by Gasteiger charge is -2.40. The molecule has 6 rings (SSSR count). The van der Waals surface area contributed by atoms with Gasteiger partial charge in [-0.2, -0.15) is 0 Å². The molecular formula is C29H37FN4O4. The van der Waals surface area contributed by atoms with Crippen LogP contribution in [0.4, 0.5) is 4.39 Å². The summed E-state index contributed by atoms with van der Waals surface area (Å²) in [5.74, 6) is -1.11. The van der Waals surface area contributed by atoms with Gasteiger partial charge in [0.25, 0.3) is 17.3 Å². The molecule has 204 valence electrons.